The van der Waals surface area contributed by atoms with Crippen LogP contribution in [0.25, 0.3) is 0 Å². The predicted molar refractivity (Wildman–Crippen MR) is 77.9 cm³/mol. The van der Waals surface area contributed by atoms with Crippen LogP contribution in [0.2, 0.25) is 0 Å². The van der Waals surface area contributed by atoms with Crippen molar-refractivity contribution < 1.29 is 19.2 Å². The number of allylic oxidation sites excluding steroid dienone is 2. The van der Waals surface area contributed by atoms with E-state index < -0.39 is 0 Å². The number of amides is 2. The highest BCUT2D eigenvalue weighted by atomic mass is 35.5. The first-order valence-electron chi connectivity index (χ1n) is 7.78. The van der Waals surface area contributed by atoms with Gasteiger partial charge in [0.05, 0.1) is 31.6 Å². The smallest absolute Gasteiger partial charge is 0.233 e. The molecule has 21 heavy (non-hydrogen) atoms. The number of imide groups is 1. The molecule has 0 bridgehead atoms. The third-order valence-corrected chi connectivity index (χ3v) is 5.08. The standard InChI is InChI=1S/C15H21ClN2O3/c16-11-2-3-12-13(10-11)15(20)18(14(12)19)5-1-4-17-6-8-21-9-7-17/h2,12-13H,1,3-10H2/p+1/t12-,13-/m1/s1. The molecule has 0 radical (unpaired) electrons. The number of rotatable bonds is 4. The molecule has 0 unspecified atom stereocenters. The molecule has 2 aliphatic heterocycles. The molecule has 5 nitrogen and oxygen atoms in total. The Morgan fingerprint density at radius 3 is 2.71 bits per heavy atom. The van der Waals surface area contributed by atoms with Gasteiger partial charge in [-0.3, -0.25) is 14.5 Å². The van der Waals surface area contributed by atoms with Crippen LogP contribution in [-0.2, 0) is 14.3 Å². The normalized spacial score (nSPS) is 30.5. The largest absolute Gasteiger partial charge is 0.370 e. The Bertz CT molecular complexity index is 460. The number of nitrogens with zero attached hydrogens (tertiary/aromatic N) is 1. The molecule has 0 saturated carbocycles. The summed E-state index contributed by atoms with van der Waals surface area (Å²) in [4.78, 5) is 27.7. The Kier molecular flexibility index (Phi) is 4.62. The van der Waals surface area contributed by atoms with E-state index in [0.717, 1.165) is 44.3 Å². The lowest BCUT2D eigenvalue weighted by molar-refractivity contribution is -0.908. The van der Waals surface area contributed by atoms with Gasteiger partial charge in [0, 0.05) is 18.0 Å². The summed E-state index contributed by atoms with van der Waals surface area (Å²) < 4.78 is 5.33. The molecule has 0 aromatic carbocycles. The van der Waals surface area contributed by atoms with E-state index in [2.05, 4.69) is 0 Å². The number of hydrogen-bond acceptors (Lipinski definition) is 3. The number of nitrogens with one attached hydrogen (secondary N) is 1. The van der Waals surface area contributed by atoms with E-state index >= 15 is 0 Å². The first kappa shape index (κ1) is 15.0. The second-order valence-corrected chi connectivity index (χ2v) is 6.58. The van der Waals surface area contributed by atoms with Crippen molar-refractivity contribution in [3.8, 4) is 0 Å². The summed E-state index contributed by atoms with van der Waals surface area (Å²) in [6.45, 7) is 5.21. The molecule has 0 aromatic heterocycles. The van der Waals surface area contributed by atoms with Gasteiger partial charge in [0.15, 0.2) is 0 Å². The SMILES string of the molecule is O=C1[C@@H]2CC=C(Cl)C[C@H]2C(=O)N1CCC[NH+]1CCOCC1. The van der Waals surface area contributed by atoms with Crippen molar-refractivity contribution in [2.24, 2.45) is 11.8 Å². The Labute approximate surface area is 129 Å². The van der Waals surface area contributed by atoms with Crippen LogP contribution in [-0.4, -0.2) is 56.1 Å². The van der Waals surface area contributed by atoms with Crippen LogP contribution in [0.3, 0.4) is 0 Å². The molecular formula is C15H22ClN2O3+. The first-order valence-corrected chi connectivity index (χ1v) is 8.15. The molecule has 3 aliphatic rings. The van der Waals surface area contributed by atoms with Crippen molar-refractivity contribution in [2.45, 2.75) is 19.3 Å². The fourth-order valence-corrected chi connectivity index (χ4v) is 3.77. The van der Waals surface area contributed by atoms with E-state index in [4.69, 9.17) is 16.3 Å². The number of morpholine rings is 1. The molecule has 1 aliphatic carbocycles. The van der Waals surface area contributed by atoms with Gasteiger partial charge in [0.2, 0.25) is 11.8 Å². The van der Waals surface area contributed by atoms with Crippen LogP contribution >= 0.6 is 11.6 Å². The van der Waals surface area contributed by atoms with Crippen LogP contribution in [0.15, 0.2) is 11.1 Å². The fourth-order valence-electron chi connectivity index (χ4n) is 3.51. The topological polar surface area (TPSA) is 51.0 Å². The Morgan fingerprint density at radius 2 is 1.95 bits per heavy atom. The zero-order valence-corrected chi connectivity index (χ0v) is 12.9. The van der Waals surface area contributed by atoms with E-state index in [1.165, 1.54) is 9.80 Å². The molecule has 2 fully saturated rings. The van der Waals surface area contributed by atoms with Crippen LogP contribution in [0.5, 0.6) is 0 Å². The quantitative estimate of drug-likeness (QED) is 0.732. The molecule has 2 heterocycles. The number of quaternary nitrogens is 1. The number of ether oxygens (including phenoxy) is 1. The fraction of sp³-hybridized carbons (Fsp3) is 0.733. The highest BCUT2D eigenvalue weighted by molar-refractivity contribution is 6.30. The Hall–Kier alpha value is -0.910. The molecule has 0 spiro atoms. The van der Waals surface area contributed by atoms with E-state index in [1.807, 2.05) is 6.08 Å². The van der Waals surface area contributed by atoms with Gasteiger partial charge < -0.3 is 9.64 Å². The summed E-state index contributed by atoms with van der Waals surface area (Å²) in [6.07, 6.45) is 3.89. The average Bonchev–Trinajstić information content (AvgIpc) is 2.73. The zero-order chi connectivity index (χ0) is 14.8. The van der Waals surface area contributed by atoms with Crippen LogP contribution < -0.4 is 4.90 Å². The van der Waals surface area contributed by atoms with Crippen LogP contribution in [0, 0.1) is 11.8 Å². The predicted octanol–water partition coefficient (Wildman–Crippen LogP) is -0.191. The van der Waals surface area contributed by atoms with Gasteiger partial charge in [-0.2, -0.15) is 0 Å². The van der Waals surface area contributed by atoms with Crippen molar-refractivity contribution in [3.63, 3.8) is 0 Å². The summed E-state index contributed by atoms with van der Waals surface area (Å²) in [7, 11) is 0. The summed E-state index contributed by atoms with van der Waals surface area (Å²) in [5.74, 6) is -0.405. The van der Waals surface area contributed by atoms with E-state index in [1.54, 1.807) is 0 Å². The second kappa shape index (κ2) is 6.46. The maximum absolute atomic E-state index is 12.4. The van der Waals surface area contributed by atoms with Gasteiger partial charge in [-0.1, -0.05) is 17.7 Å². The van der Waals surface area contributed by atoms with Crippen molar-refractivity contribution in [1.82, 2.24) is 4.90 Å². The molecule has 0 aromatic rings. The third-order valence-electron chi connectivity index (χ3n) is 4.77. The van der Waals surface area contributed by atoms with Crippen molar-refractivity contribution in [2.75, 3.05) is 39.4 Å². The van der Waals surface area contributed by atoms with E-state index in [-0.39, 0.29) is 23.7 Å². The van der Waals surface area contributed by atoms with Gasteiger partial charge >= 0.3 is 0 Å². The third kappa shape index (κ3) is 3.15. The lowest BCUT2D eigenvalue weighted by Crippen LogP contribution is -3.14. The maximum atomic E-state index is 12.4. The maximum Gasteiger partial charge on any atom is 0.233 e. The lowest BCUT2D eigenvalue weighted by Gasteiger charge is -2.24. The minimum atomic E-state index is -0.217. The van der Waals surface area contributed by atoms with Gasteiger partial charge in [-0.15, -0.1) is 0 Å². The number of carbonyl (C=O) groups is 2. The van der Waals surface area contributed by atoms with Crippen LogP contribution in [0.1, 0.15) is 19.3 Å². The van der Waals surface area contributed by atoms with Crippen molar-refractivity contribution in [1.29, 1.82) is 0 Å². The highest BCUT2D eigenvalue weighted by Crippen LogP contribution is 2.38. The van der Waals surface area contributed by atoms with Gasteiger partial charge in [-0.25, -0.2) is 0 Å². The second-order valence-electron chi connectivity index (χ2n) is 6.10. The zero-order valence-electron chi connectivity index (χ0n) is 12.1. The van der Waals surface area contributed by atoms with Gasteiger partial charge in [-0.05, 0) is 12.8 Å². The van der Waals surface area contributed by atoms with Crippen molar-refractivity contribution >= 4 is 23.4 Å². The number of hydrogen-bond donors (Lipinski definition) is 1. The number of fused-ring (bicyclic) bond motifs is 1. The average molecular weight is 314 g/mol. The first-order chi connectivity index (χ1) is 10.2. The Balaban J connectivity index is 1.52. The van der Waals surface area contributed by atoms with Gasteiger partial charge in [0.1, 0.15) is 13.1 Å². The molecule has 1 N–H and O–H groups in total. The monoisotopic (exact) mass is 313 g/mol. The molecule has 2 saturated heterocycles. The summed E-state index contributed by atoms with van der Waals surface area (Å²) in [6, 6.07) is 0. The van der Waals surface area contributed by atoms with E-state index in [9.17, 15) is 9.59 Å². The summed E-state index contributed by atoms with van der Waals surface area (Å²) in [5, 5.41) is 0.719. The van der Waals surface area contributed by atoms with Gasteiger partial charge in [0.25, 0.3) is 0 Å². The lowest BCUT2D eigenvalue weighted by atomic mass is 9.85. The van der Waals surface area contributed by atoms with E-state index in [0.29, 0.717) is 19.4 Å². The van der Waals surface area contributed by atoms with Crippen molar-refractivity contribution in [3.05, 3.63) is 11.1 Å². The summed E-state index contributed by atoms with van der Waals surface area (Å²) in [5.41, 5.74) is 0. The molecule has 3 rings (SSSR count). The number of likely N-dealkylation sites (tertiary alicyclic amines) is 1. The molecule has 116 valence electrons. The number of halogens is 1. The Morgan fingerprint density at radius 1 is 1.24 bits per heavy atom. The minimum Gasteiger partial charge on any atom is -0.370 e. The number of carbonyl (C=O) groups excluding carboxylic acids is 2. The summed E-state index contributed by atoms with van der Waals surface area (Å²) >= 11 is 6.01. The molecule has 6 heteroatoms. The molecule has 2 atom stereocenters. The highest BCUT2D eigenvalue weighted by Gasteiger charge is 2.47. The minimum absolute atomic E-state index is 0.00222. The molecule has 2 amide bonds. The van der Waals surface area contributed by atoms with Crippen LogP contribution in [0.4, 0.5) is 0 Å². The molecular weight excluding hydrogens is 292 g/mol.